The monoisotopic (exact) mass is 272 g/mol. The molecule has 0 unspecified atom stereocenters. The van der Waals surface area contributed by atoms with Gasteiger partial charge in [-0.2, -0.15) is 5.06 Å². The number of hydrogen-bond donors (Lipinski definition) is 1. The summed E-state index contributed by atoms with van der Waals surface area (Å²) in [5.74, 6) is -0.648. The minimum absolute atomic E-state index is 0.110. The summed E-state index contributed by atoms with van der Waals surface area (Å²) in [4.78, 5) is 22.0. The van der Waals surface area contributed by atoms with E-state index < -0.39 is 10.8 Å². The molecule has 2 aromatic rings. The van der Waals surface area contributed by atoms with Gasteiger partial charge in [-0.05, 0) is 36.8 Å². The molecule has 20 heavy (non-hydrogen) atoms. The van der Waals surface area contributed by atoms with Crippen LogP contribution in [0.2, 0.25) is 0 Å². The molecular formula is C14H12N2O4. The number of hydrogen-bond acceptors (Lipinski definition) is 4. The van der Waals surface area contributed by atoms with Crippen LogP contribution in [0.5, 0.6) is 0 Å². The van der Waals surface area contributed by atoms with Crippen LogP contribution in [0.15, 0.2) is 48.5 Å². The number of nitrogens with zero attached hydrogens (tertiary/aromatic N) is 2. The Bertz CT molecular complexity index is 652. The number of nitro benzene ring substituents is 1. The molecule has 1 amide bonds. The summed E-state index contributed by atoms with van der Waals surface area (Å²) in [6.45, 7) is 1.84. The van der Waals surface area contributed by atoms with E-state index in [9.17, 15) is 20.1 Å². The number of carbonyl (C=O) groups is 1. The third kappa shape index (κ3) is 2.81. The highest BCUT2D eigenvalue weighted by atomic mass is 16.6. The van der Waals surface area contributed by atoms with Crippen molar-refractivity contribution in [1.82, 2.24) is 0 Å². The number of aryl methyl sites for hydroxylation is 1. The molecule has 0 spiro atoms. The summed E-state index contributed by atoms with van der Waals surface area (Å²) in [5, 5.41) is 21.0. The van der Waals surface area contributed by atoms with Gasteiger partial charge in [-0.1, -0.05) is 12.1 Å². The van der Waals surface area contributed by atoms with Crippen LogP contribution in [0.1, 0.15) is 15.9 Å². The molecule has 2 rings (SSSR count). The van der Waals surface area contributed by atoms with E-state index in [0.717, 1.165) is 5.56 Å². The summed E-state index contributed by atoms with van der Waals surface area (Å²) >= 11 is 0. The second-order valence-corrected chi connectivity index (χ2v) is 4.26. The van der Waals surface area contributed by atoms with Crippen molar-refractivity contribution >= 4 is 17.3 Å². The molecule has 0 aliphatic carbocycles. The third-order valence-corrected chi connectivity index (χ3v) is 2.76. The van der Waals surface area contributed by atoms with E-state index in [0.29, 0.717) is 10.8 Å². The van der Waals surface area contributed by atoms with Crippen molar-refractivity contribution in [3.63, 3.8) is 0 Å². The molecule has 0 saturated heterocycles. The van der Waals surface area contributed by atoms with Crippen LogP contribution < -0.4 is 5.06 Å². The first-order valence-corrected chi connectivity index (χ1v) is 5.83. The molecule has 102 valence electrons. The fraction of sp³-hybridized carbons (Fsp3) is 0.0714. The van der Waals surface area contributed by atoms with Crippen LogP contribution in [0.25, 0.3) is 0 Å². The molecule has 0 aliphatic rings. The Kier molecular flexibility index (Phi) is 3.76. The van der Waals surface area contributed by atoms with Crippen molar-refractivity contribution in [2.45, 2.75) is 6.92 Å². The van der Waals surface area contributed by atoms with E-state index in [2.05, 4.69) is 0 Å². The topological polar surface area (TPSA) is 83.7 Å². The molecule has 0 aliphatic heterocycles. The minimum atomic E-state index is -0.648. The van der Waals surface area contributed by atoms with Crippen molar-refractivity contribution in [2.24, 2.45) is 0 Å². The van der Waals surface area contributed by atoms with Gasteiger partial charge in [0, 0.05) is 17.7 Å². The Morgan fingerprint density at radius 1 is 1.20 bits per heavy atom. The fourth-order valence-electron chi connectivity index (χ4n) is 1.72. The van der Waals surface area contributed by atoms with Gasteiger partial charge in [0.05, 0.1) is 10.6 Å². The average molecular weight is 272 g/mol. The van der Waals surface area contributed by atoms with Gasteiger partial charge in [-0.3, -0.25) is 20.1 Å². The van der Waals surface area contributed by atoms with Crippen LogP contribution in [-0.2, 0) is 0 Å². The molecule has 0 radical (unpaired) electrons. The number of amides is 1. The predicted molar refractivity (Wildman–Crippen MR) is 72.9 cm³/mol. The number of anilines is 1. The average Bonchev–Trinajstić information content (AvgIpc) is 2.46. The van der Waals surface area contributed by atoms with E-state index in [1.54, 1.807) is 18.2 Å². The summed E-state index contributed by atoms with van der Waals surface area (Å²) in [6, 6.07) is 11.9. The Balaban J connectivity index is 2.24. The molecule has 1 N–H and O–H groups in total. The van der Waals surface area contributed by atoms with Crippen molar-refractivity contribution in [3.8, 4) is 0 Å². The smallest absolute Gasteiger partial charge is 0.281 e. The zero-order valence-corrected chi connectivity index (χ0v) is 10.7. The van der Waals surface area contributed by atoms with Gasteiger partial charge in [-0.25, -0.2) is 0 Å². The molecule has 6 heteroatoms. The maximum atomic E-state index is 12.0. The van der Waals surface area contributed by atoms with Crippen LogP contribution in [0.3, 0.4) is 0 Å². The Morgan fingerprint density at radius 3 is 2.40 bits per heavy atom. The maximum Gasteiger partial charge on any atom is 0.281 e. The van der Waals surface area contributed by atoms with Crippen LogP contribution in [0.4, 0.5) is 11.4 Å². The van der Waals surface area contributed by atoms with Gasteiger partial charge in [0.1, 0.15) is 0 Å². The van der Waals surface area contributed by atoms with Gasteiger partial charge in [-0.15, -0.1) is 0 Å². The van der Waals surface area contributed by atoms with E-state index in [4.69, 9.17) is 0 Å². The summed E-state index contributed by atoms with van der Waals surface area (Å²) < 4.78 is 0. The Labute approximate surface area is 115 Å². The van der Waals surface area contributed by atoms with Gasteiger partial charge >= 0.3 is 0 Å². The zero-order valence-electron chi connectivity index (χ0n) is 10.7. The lowest BCUT2D eigenvalue weighted by atomic mass is 10.1. The highest BCUT2D eigenvalue weighted by Crippen LogP contribution is 2.18. The first-order chi connectivity index (χ1) is 9.49. The number of nitro groups is 1. The van der Waals surface area contributed by atoms with Gasteiger partial charge in [0.2, 0.25) is 0 Å². The lowest BCUT2D eigenvalue weighted by molar-refractivity contribution is -0.384. The van der Waals surface area contributed by atoms with Crippen molar-refractivity contribution in [2.75, 3.05) is 5.06 Å². The zero-order chi connectivity index (χ0) is 14.7. The van der Waals surface area contributed by atoms with E-state index in [-0.39, 0.29) is 11.3 Å². The van der Waals surface area contributed by atoms with Crippen LogP contribution in [-0.4, -0.2) is 16.0 Å². The standard InChI is InChI=1S/C14H12N2O4/c1-10-3-2-4-13(9-10)15(18)14(17)11-5-7-12(8-6-11)16(19)20/h2-9,18H,1H3. The highest BCUT2D eigenvalue weighted by Gasteiger charge is 2.16. The predicted octanol–water partition coefficient (Wildman–Crippen LogP) is 2.94. The molecule has 6 nitrogen and oxygen atoms in total. The number of carbonyl (C=O) groups excluding carboxylic acids is 1. The molecule has 0 aromatic heterocycles. The SMILES string of the molecule is Cc1cccc(N(O)C(=O)c2ccc([N+](=O)[O-])cc2)c1. The molecule has 0 bridgehead atoms. The summed E-state index contributed by atoms with van der Waals surface area (Å²) in [6.07, 6.45) is 0. The number of benzene rings is 2. The first kappa shape index (κ1) is 13.7. The van der Waals surface area contributed by atoms with Crippen LogP contribution >= 0.6 is 0 Å². The molecule has 2 aromatic carbocycles. The minimum Gasteiger partial charge on any atom is -0.281 e. The summed E-state index contributed by atoms with van der Waals surface area (Å²) in [5.41, 5.74) is 1.30. The van der Waals surface area contributed by atoms with E-state index >= 15 is 0 Å². The van der Waals surface area contributed by atoms with Crippen molar-refractivity contribution in [1.29, 1.82) is 0 Å². The number of non-ortho nitro benzene ring substituents is 1. The maximum absolute atomic E-state index is 12.0. The Morgan fingerprint density at radius 2 is 1.85 bits per heavy atom. The lowest BCUT2D eigenvalue weighted by Gasteiger charge is -2.15. The number of hydroxylamine groups is 1. The third-order valence-electron chi connectivity index (χ3n) is 2.76. The normalized spacial score (nSPS) is 10.1. The lowest BCUT2D eigenvalue weighted by Crippen LogP contribution is -2.26. The van der Waals surface area contributed by atoms with Gasteiger partial charge < -0.3 is 0 Å². The fourth-order valence-corrected chi connectivity index (χ4v) is 1.72. The highest BCUT2D eigenvalue weighted by molar-refractivity contribution is 6.04. The van der Waals surface area contributed by atoms with Crippen LogP contribution in [0, 0.1) is 17.0 Å². The van der Waals surface area contributed by atoms with E-state index in [1.165, 1.54) is 24.3 Å². The second kappa shape index (κ2) is 5.50. The molecule has 0 atom stereocenters. The molecule has 0 fully saturated rings. The van der Waals surface area contributed by atoms with Gasteiger partial charge in [0.15, 0.2) is 0 Å². The molecular weight excluding hydrogens is 260 g/mol. The second-order valence-electron chi connectivity index (χ2n) is 4.26. The number of rotatable bonds is 3. The summed E-state index contributed by atoms with van der Waals surface area (Å²) in [7, 11) is 0. The van der Waals surface area contributed by atoms with Crippen molar-refractivity contribution < 1.29 is 14.9 Å². The van der Waals surface area contributed by atoms with Crippen molar-refractivity contribution in [3.05, 3.63) is 69.8 Å². The molecule has 0 saturated carbocycles. The molecule has 0 heterocycles. The van der Waals surface area contributed by atoms with E-state index in [1.807, 2.05) is 13.0 Å². The first-order valence-electron chi connectivity index (χ1n) is 5.83. The largest absolute Gasteiger partial charge is 0.281 e. The Hall–Kier alpha value is -2.73. The quantitative estimate of drug-likeness (QED) is 0.529. The van der Waals surface area contributed by atoms with Gasteiger partial charge in [0.25, 0.3) is 11.6 Å².